The van der Waals surface area contributed by atoms with Crippen molar-refractivity contribution in [2.45, 2.75) is 19.8 Å². The van der Waals surface area contributed by atoms with Crippen LogP contribution < -0.4 is 5.32 Å². The molecule has 0 radical (unpaired) electrons. The number of carboxylic acid groups (broad SMARTS) is 1. The number of carbonyl (C=O) groups excluding carboxylic acids is 1. The molecule has 1 saturated heterocycles. The molecule has 1 heterocycles. The lowest BCUT2D eigenvalue weighted by atomic mass is 9.99. The smallest absolute Gasteiger partial charge is 0.321 e. The van der Waals surface area contributed by atoms with Crippen molar-refractivity contribution in [3.8, 4) is 0 Å². The summed E-state index contributed by atoms with van der Waals surface area (Å²) in [5.41, 5.74) is 1.25. The Hall–Kier alpha value is -1.46. The Morgan fingerprint density at radius 3 is 2.71 bits per heavy atom. The van der Waals surface area contributed by atoms with Gasteiger partial charge in [0.05, 0.1) is 16.6 Å². The number of aryl methyl sites for hydroxylation is 1. The molecule has 0 spiro atoms. The lowest BCUT2D eigenvalue weighted by Gasteiger charge is -2.30. The van der Waals surface area contributed by atoms with Gasteiger partial charge in [-0.25, -0.2) is 4.79 Å². The molecule has 2 rings (SSSR count). The van der Waals surface area contributed by atoms with Gasteiger partial charge in [0, 0.05) is 18.1 Å². The van der Waals surface area contributed by atoms with Crippen LogP contribution in [0.2, 0.25) is 10.0 Å². The van der Waals surface area contributed by atoms with Gasteiger partial charge in [0.2, 0.25) is 0 Å². The quantitative estimate of drug-likeness (QED) is 0.869. The molecule has 5 nitrogen and oxygen atoms in total. The second-order valence-corrected chi connectivity index (χ2v) is 5.95. The number of benzene rings is 1. The van der Waals surface area contributed by atoms with Gasteiger partial charge < -0.3 is 15.3 Å². The van der Waals surface area contributed by atoms with Crippen molar-refractivity contribution in [2.24, 2.45) is 5.92 Å². The number of carbonyl (C=O) groups is 2. The van der Waals surface area contributed by atoms with Crippen LogP contribution in [0.1, 0.15) is 18.4 Å². The number of carboxylic acids is 1. The number of piperidine rings is 1. The van der Waals surface area contributed by atoms with Crippen LogP contribution in [-0.4, -0.2) is 35.1 Å². The summed E-state index contributed by atoms with van der Waals surface area (Å²) in [6.45, 7) is 2.56. The second-order valence-electron chi connectivity index (χ2n) is 5.13. The summed E-state index contributed by atoms with van der Waals surface area (Å²) in [5, 5.41) is 12.6. The SMILES string of the molecule is Cc1cc(Cl)c(NC(=O)N2CCC[C@@H](C(=O)O)C2)cc1Cl. The highest BCUT2D eigenvalue weighted by atomic mass is 35.5. The number of likely N-dealkylation sites (tertiary alicyclic amines) is 1. The summed E-state index contributed by atoms with van der Waals surface area (Å²) in [6, 6.07) is 2.91. The Bertz CT molecular complexity index is 578. The van der Waals surface area contributed by atoms with Crippen molar-refractivity contribution in [2.75, 3.05) is 18.4 Å². The minimum Gasteiger partial charge on any atom is -0.481 e. The van der Waals surface area contributed by atoms with Crippen molar-refractivity contribution in [3.63, 3.8) is 0 Å². The summed E-state index contributed by atoms with van der Waals surface area (Å²) < 4.78 is 0. The van der Waals surface area contributed by atoms with E-state index in [9.17, 15) is 9.59 Å². The minimum absolute atomic E-state index is 0.207. The third-order valence-corrected chi connectivity index (χ3v) is 4.27. The maximum Gasteiger partial charge on any atom is 0.321 e. The van der Waals surface area contributed by atoms with Crippen LogP contribution in [0.4, 0.5) is 10.5 Å². The van der Waals surface area contributed by atoms with E-state index in [4.69, 9.17) is 28.3 Å². The fourth-order valence-electron chi connectivity index (χ4n) is 2.30. The van der Waals surface area contributed by atoms with Crippen molar-refractivity contribution < 1.29 is 14.7 Å². The van der Waals surface area contributed by atoms with Crippen LogP contribution in [-0.2, 0) is 4.79 Å². The largest absolute Gasteiger partial charge is 0.481 e. The third-order valence-electron chi connectivity index (χ3n) is 3.55. The maximum absolute atomic E-state index is 12.2. The standard InChI is InChI=1S/C14H16Cl2N2O3/c1-8-5-11(16)12(6-10(8)15)17-14(21)18-4-2-3-9(7-18)13(19)20/h5-6,9H,2-4,7H2,1H3,(H,17,21)(H,19,20)/t9-/m1/s1. The first-order chi connectivity index (χ1) is 9.88. The van der Waals surface area contributed by atoms with Gasteiger partial charge in [0.15, 0.2) is 0 Å². The molecule has 7 heteroatoms. The molecular formula is C14H16Cl2N2O3. The normalized spacial score (nSPS) is 18.4. The van der Waals surface area contributed by atoms with Crippen LogP contribution in [0.5, 0.6) is 0 Å². The van der Waals surface area contributed by atoms with Gasteiger partial charge in [0.25, 0.3) is 0 Å². The van der Waals surface area contributed by atoms with E-state index in [1.54, 1.807) is 12.1 Å². The molecule has 1 atom stereocenters. The molecule has 1 aromatic carbocycles. The first-order valence-corrected chi connectivity index (χ1v) is 7.38. The Morgan fingerprint density at radius 2 is 2.05 bits per heavy atom. The summed E-state index contributed by atoms with van der Waals surface area (Å²) in [4.78, 5) is 24.7. The highest BCUT2D eigenvalue weighted by Gasteiger charge is 2.28. The van der Waals surface area contributed by atoms with Gasteiger partial charge >= 0.3 is 12.0 Å². The highest BCUT2D eigenvalue weighted by Crippen LogP contribution is 2.29. The van der Waals surface area contributed by atoms with Crippen LogP contribution in [0.3, 0.4) is 0 Å². The average Bonchev–Trinajstić information content (AvgIpc) is 2.44. The van der Waals surface area contributed by atoms with Gasteiger partial charge in [-0.05, 0) is 37.5 Å². The highest BCUT2D eigenvalue weighted by molar-refractivity contribution is 6.36. The second kappa shape index (κ2) is 6.54. The number of nitrogens with one attached hydrogen (secondary N) is 1. The third kappa shape index (κ3) is 3.80. The molecule has 2 N–H and O–H groups in total. The topological polar surface area (TPSA) is 69.6 Å². The Kier molecular flexibility index (Phi) is 4.96. The van der Waals surface area contributed by atoms with Gasteiger partial charge in [-0.3, -0.25) is 4.79 Å². The number of nitrogens with zero attached hydrogens (tertiary/aromatic N) is 1. The summed E-state index contributed by atoms with van der Waals surface area (Å²) in [7, 11) is 0. The summed E-state index contributed by atoms with van der Waals surface area (Å²) in [6.07, 6.45) is 1.27. The van der Waals surface area contributed by atoms with Gasteiger partial charge in [-0.1, -0.05) is 23.2 Å². The zero-order chi connectivity index (χ0) is 15.6. The van der Waals surface area contributed by atoms with Gasteiger partial charge in [-0.15, -0.1) is 0 Å². The lowest BCUT2D eigenvalue weighted by molar-refractivity contribution is -0.143. The molecule has 114 valence electrons. The first-order valence-electron chi connectivity index (χ1n) is 6.63. The molecule has 1 aliphatic rings. The molecule has 0 aromatic heterocycles. The Labute approximate surface area is 132 Å². The molecule has 0 bridgehead atoms. The predicted molar refractivity (Wildman–Crippen MR) is 82.2 cm³/mol. The molecule has 1 aliphatic heterocycles. The van der Waals surface area contributed by atoms with E-state index in [0.717, 1.165) is 5.56 Å². The van der Waals surface area contributed by atoms with Crippen molar-refractivity contribution >= 4 is 40.9 Å². The summed E-state index contributed by atoms with van der Waals surface area (Å²) >= 11 is 12.1. The fourth-order valence-corrected chi connectivity index (χ4v) is 2.73. The van der Waals surface area contributed by atoms with Crippen LogP contribution in [0.25, 0.3) is 0 Å². The zero-order valence-corrected chi connectivity index (χ0v) is 13.0. The van der Waals surface area contributed by atoms with E-state index in [1.165, 1.54) is 4.90 Å². The predicted octanol–water partition coefficient (Wildman–Crippen LogP) is 3.63. The lowest BCUT2D eigenvalue weighted by Crippen LogP contribution is -2.44. The van der Waals surface area contributed by atoms with Crippen molar-refractivity contribution in [1.82, 2.24) is 4.90 Å². The van der Waals surface area contributed by atoms with E-state index < -0.39 is 11.9 Å². The molecule has 0 saturated carbocycles. The Morgan fingerprint density at radius 1 is 1.33 bits per heavy atom. The van der Waals surface area contributed by atoms with Gasteiger partial charge in [0.1, 0.15) is 0 Å². The number of hydrogen-bond acceptors (Lipinski definition) is 2. The molecule has 0 aliphatic carbocycles. The van der Waals surface area contributed by atoms with Gasteiger partial charge in [-0.2, -0.15) is 0 Å². The zero-order valence-electron chi connectivity index (χ0n) is 11.5. The summed E-state index contributed by atoms with van der Waals surface area (Å²) in [5.74, 6) is -1.38. The minimum atomic E-state index is -0.871. The van der Waals surface area contributed by atoms with Crippen LogP contribution >= 0.6 is 23.2 Å². The van der Waals surface area contributed by atoms with Crippen LogP contribution in [0, 0.1) is 12.8 Å². The van der Waals surface area contributed by atoms with E-state index in [1.807, 2.05) is 6.92 Å². The molecule has 21 heavy (non-hydrogen) atoms. The molecule has 1 fully saturated rings. The molecule has 2 amide bonds. The molecular weight excluding hydrogens is 315 g/mol. The maximum atomic E-state index is 12.2. The molecule has 1 aromatic rings. The number of urea groups is 1. The van der Waals surface area contributed by atoms with Crippen molar-refractivity contribution in [1.29, 1.82) is 0 Å². The van der Waals surface area contributed by atoms with Crippen molar-refractivity contribution in [3.05, 3.63) is 27.7 Å². The number of aliphatic carboxylic acids is 1. The van der Waals surface area contributed by atoms with E-state index >= 15 is 0 Å². The fraction of sp³-hybridized carbons (Fsp3) is 0.429. The Balaban J connectivity index is 2.07. The number of hydrogen-bond donors (Lipinski definition) is 2. The number of amides is 2. The van der Waals surface area contributed by atoms with E-state index in [-0.39, 0.29) is 12.6 Å². The van der Waals surface area contributed by atoms with Crippen LogP contribution in [0.15, 0.2) is 12.1 Å². The number of rotatable bonds is 2. The first kappa shape index (κ1) is 15.9. The van der Waals surface area contributed by atoms with E-state index in [2.05, 4.69) is 5.32 Å². The monoisotopic (exact) mass is 330 g/mol. The molecule has 0 unspecified atom stereocenters. The van der Waals surface area contributed by atoms with E-state index in [0.29, 0.717) is 35.1 Å². The average molecular weight is 331 g/mol. The number of halogens is 2. The number of anilines is 1.